The van der Waals surface area contributed by atoms with Crippen LogP contribution in [0.5, 0.6) is 0 Å². The summed E-state index contributed by atoms with van der Waals surface area (Å²) >= 11 is 0. The van der Waals surface area contributed by atoms with Crippen LogP contribution in [0.25, 0.3) is 0 Å². The van der Waals surface area contributed by atoms with Gasteiger partial charge in [-0.25, -0.2) is 0 Å². The van der Waals surface area contributed by atoms with Crippen LogP contribution in [0.15, 0.2) is 0 Å². The summed E-state index contributed by atoms with van der Waals surface area (Å²) in [5.74, 6) is -0.192. The van der Waals surface area contributed by atoms with Crippen molar-refractivity contribution in [3.8, 4) is 0 Å². The normalized spacial score (nSPS) is 14.9. The molecular weight excluding hydrogens is 184 g/mol. The zero-order chi connectivity index (χ0) is 11.0. The Morgan fingerprint density at radius 1 is 1.57 bits per heavy atom. The molecular formula is C9H20N2O3. The summed E-state index contributed by atoms with van der Waals surface area (Å²) in [5.41, 5.74) is 5.34. The predicted octanol–water partition coefficient (Wildman–Crippen LogP) is -0.499. The van der Waals surface area contributed by atoms with Crippen molar-refractivity contribution < 1.29 is 14.3 Å². The van der Waals surface area contributed by atoms with Crippen molar-refractivity contribution in [2.45, 2.75) is 26.0 Å². The molecule has 0 saturated heterocycles. The van der Waals surface area contributed by atoms with Crippen LogP contribution in [0.2, 0.25) is 0 Å². The number of ether oxygens (including phenoxy) is 2. The topological polar surface area (TPSA) is 73.6 Å². The summed E-state index contributed by atoms with van der Waals surface area (Å²) in [6, 6.07) is -0.0216. The van der Waals surface area contributed by atoms with E-state index in [9.17, 15) is 4.79 Å². The van der Waals surface area contributed by atoms with E-state index in [1.54, 1.807) is 0 Å². The summed E-state index contributed by atoms with van der Waals surface area (Å²) in [6.07, 6.45) is -0.570. The fraction of sp³-hybridized carbons (Fsp3) is 0.889. The second-order valence-electron chi connectivity index (χ2n) is 3.03. The lowest BCUT2D eigenvalue weighted by atomic mass is 10.3. The van der Waals surface area contributed by atoms with Crippen LogP contribution in [0.3, 0.4) is 0 Å². The lowest BCUT2D eigenvalue weighted by Crippen LogP contribution is -2.45. The number of methoxy groups -OCH3 is 1. The lowest BCUT2D eigenvalue weighted by Gasteiger charge is -2.17. The zero-order valence-corrected chi connectivity index (χ0v) is 9.08. The Bertz CT molecular complexity index is 160. The molecule has 2 unspecified atom stereocenters. The van der Waals surface area contributed by atoms with Gasteiger partial charge in [0.1, 0.15) is 6.10 Å². The monoisotopic (exact) mass is 204 g/mol. The van der Waals surface area contributed by atoms with Crippen LogP contribution >= 0.6 is 0 Å². The number of carbonyl (C=O) groups is 1. The smallest absolute Gasteiger partial charge is 0.250 e. The molecule has 0 aliphatic rings. The Morgan fingerprint density at radius 2 is 2.21 bits per heavy atom. The molecule has 0 aromatic rings. The van der Waals surface area contributed by atoms with Gasteiger partial charge in [-0.15, -0.1) is 0 Å². The molecule has 0 bridgehead atoms. The van der Waals surface area contributed by atoms with Gasteiger partial charge in [0, 0.05) is 26.3 Å². The highest BCUT2D eigenvalue weighted by Gasteiger charge is 2.17. The van der Waals surface area contributed by atoms with Crippen LogP contribution in [-0.4, -0.2) is 44.9 Å². The second kappa shape index (κ2) is 7.73. The summed E-state index contributed by atoms with van der Waals surface area (Å²) in [5, 5.41) is 2.75. The number of rotatable bonds is 7. The van der Waals surface area contributed by atoms with Gasteiger partial charge in [0.15, 0.2) is 0 Å². The van der Waals surface area contributed by atoms with Crippen LogP contribution in [-0.2, 0) is 14.3 Å². The Kier molecular flexibility index (Phi) is 7.37. The van der Waals surface area contributed by atoms with E-state index >= 15 is 0 Å². The maximum absolute atomic E-state index is 11.4. The molecule has 84 valence electrons. The first kappa shape index (κ1) is 13.4. The molecule has 0 heterocycles. The number of hydrogen-bond donors (Lipinski definition) is 2. The highest BCUT2D eigenvalue weighted by Crippen LogP contribution is 1.90. The van der Waals surface area contributed by atoms with Crippen molar-refractivity contribution in [1.82, 2.24) is 5.32 Å². The van der Waals surface area contributed by atoms with Crippen LogP contribution in [0.1, 0.15) is 13.8 Å². The Labute approximate surface area is 84.9 Å². The molecule has 2 atom stereocenters. The molecule has 0 aliphatic carbocycles. The van der Waals surface area contributed by atoms with E-state index in [1.165, 1.54) is 7.11 Å². The van der Waals surface area contributed by atoms with E-state index in [0.29, 0.717) is 13.2 Å². The van der Waals surface area contributed by atoms with E-state index in [1.807, 2.05) is 13.8 Å². The Hall–Kier alpha value is -0.650. The summed E-state index contributed by atoms with van der Waals surface area (Å²) in [7, 11) is 1.46. The third-order valence-corrected chi connectivity index (χ3v) is 1.75. The van der Waals surface area contributed by atoms with Crippen molar-refractivity contribution in [3.05, 3.63) is 0 Å². The fourth-order valence-electron chi connectivity index (χ4n) is 0.982. The van der Waals surface area contributed by atoms with E-state index in [0.717, 1.165) is 0 Å². The van der Waals surface area contributed by atoms with Gasteiger partial charge in [-0.1, -0.05) is 0 Å². The van der Waals surface area contributed by atoms with Crippen molar-refractivity contribution in [3.63, 3.8) is 0 Å². The third-order valence-electron chi connectivity index (χ3n) is 1.75. The summed E-state index contributed by atoms with van der Waals surface area (Å²) in [6.45, 7) is 5.11. The van der Waals surface area contributed by atoms with Gasteiger partial charge in [-0.2, -0.15) is 0 Å². The van der Waals surface area contributed by atoms with Gasteiger partial charge in [0.25, 0.3) is 5.91 Å². The van der Waals surface area contributed by atoms with Crippen molar-refractivity contribution in [2.24, 2.45) is 5.73 Å². The maximum Gasteiger partial charge on any atom is 0.250 e. The average Bonchev–Trinajstić information content (AvgIpc) is 2.16. The quantitative estimate of drug-likeness (QED) is 0.586. The summed E-state index contributed by atoms with van der Waals surface area (Å²) in [4.78, 5) is 11.4. The Balaban J connectivity index is 3.79. The first-order valence-corrected chi connectivity index (χ1v) is 4.76. The molecule has 0 radical (unpaired) electrons. The molecule has 0 aromatic heterocycles. The number of hydrogen-bond acceptors (Lipinski definition) is 4. The number of nitrogens with two attached hydrogens (primary N) is 1. The molecule has 0 rings (SSSR count). The van der Waals surface area contributed by atoms with Gasteiger partial charge < -0.3 is 20.5 Å². The highest BCUT2D eigenvalue weighted by molar-refractivity contribution is 5.81. The summed E-state index contributed by atoms with van der Waals surface area (Å²) < 4.78 is 10.0. The van der Waals surface area contributed by atoms with Crippen molar-refractivity contribution >= 4 is 5.91 Å². The minimum Gasteiger partial charge on any atom is -0.380 e. The van der Waals surface area contributed by atoms with E-state index in [-0.39, 0.29) is 18.5 Å². The van der Waals surface area contributed by atoms with Crippen molar-refractivity contribution in [2.75, 3.05) is 26.9 Å². The minimum absolute atomic E-state index is 0.0216. The van der Waals surface area contributed by atoms with Crippen LogP contribution < -0.4 is 11.1 Å². The van der Waals surface area contributed by atoms with E-state index in [2.05, 4.69) is 5.32 Å². The lowest BCUT2D eigenvalue weighted by molar-refractivity contribution is -0.131. The number of carbonyl (C=O) groups excluding carboxylic acids is 1. The number of nitrogens with one attached hydrogen (secondary N) is 1. The first-order valence-electron chi connectivity index (χ1n) is 4.76. The molecule has 5 heteroatoms. The number of amides is 1. The van der Waals surface area contributed by atoms with E-state index in [4.69, 9.17) is 15.2 Å². The van der Waals surface area contributed by atoms with Gasteiger partial charge in [0.05, 0.1) is 6.61 Å². The third kappa shape index (κ3) is 5.16. The fourth-order valence-corrected chi connectivity index (χ4v) is 0.982. The first-order chi connectivity index (χ1) is 6.65. The standard InChI is InChI=1S/C9H20N2O3/c1-4-14-6-7(2)11-9(12)8(5-10)13-3/h7-8H,4-6,10H2,1-3H3,(H,11,12). The molecule has 5 nitrogen and oxygen atoms in total. The predicted molar refractivity (Wildman–Crippen MR) is 53.9 cm³/mol. The van der Waals surface area contributed by atoms with Gasteiger partial charge in [-0.3, -0.25) is 4.79 Å². The maximum atomic E-state index is 11.4. The van der Waals surface area contributed by atoms with Crippen LogP contribution in [0, 0.1) is 0 Å². The molecule has 1 amide bonds. The molecule has 0 aromatic carbocycles. The van der Waals surface area contributed by atoms with Gasteiger partial charge in [0.2, 0.25) is 0 Å². The largest absolute Gasteiger partial charge is 0.380 e. The molecule has 14 heavy (non-hydrogen) atoms. The molecule has 0 fully saturated rings. The molecule has 0 saturated carbocycles. The minimum atomic E-state index is -0.570. The van der Waals surface area contributed by atoms with Gasteiger partial charge in [-0.05, 0) is 13.8 Å². The Morgan fingerprint density at radius 3 is 2.64 bits per heavy atom. The average molecular weight is 204 g/mol. The SMILES string of the molecule is CCOCC(C)NC(=O)C(CN)OC. The highest BCUT2D eigenvalue weighted by atomic mass is 16.5. The van der Waals surface area contributed by atoms with E-state index < -0.39 is 6.10 Å². The second-order valence-corrected chi connectivity index (χ2v) is 3.03. The van der Waals surface area contributed by atoms with Crippen molar-refractivity contribution in [1.29, 1.82) is 0 Å². The molecule has 0 aliphatic heterocycles. The van der Waals surface area contributed by atoms with Gasteiger partial charge >= 0.3 is 0 Å². The molecule has 3 N–H and O–H groups in total. The zero-order valence-electron chi connectivity index (χ0n) is 9.08. The molecule has 0 spiro atoms. The van der Waals surface area contributed by atoms with Crippen LogP contribution in [0.4, 0.5) is 0 Å².